The van der Waals surface area contributed by atoms with Crippen molar-refractivity contribution >= 4 is 45.7 Å². The Morgan fingerprint density at radius 2 is 2.17 bits per heavy atom. The first-order valence-electron chi connectivity index (χ1n) is 7.50. The molecule has 0 spiro atoms. The molecule has 128 valence electrons. The van der Waals surface area contributed by atoms with E-state index in [4.69, 9.17) is 22.7 Å². The number of thioether (sulfide) groups is 1. The number of nitrogens with two attached hydrogens (primary N) is 1. The van der Waals surface area contributed by atoms with E-state index in [0.717, 1.165) is 35.5 Å². The first kappa shape index (κ1) is 17.0. The molecule has 3 rings (SSSR count). The minimum Gasteiger partial charge on any atom is -0.497 e. The van der Waals surface area contributed by atoms with Crippen molar-refractivity contribution in [2.45, 2.75) is 6.67 Å². The van der Waals surface area contributed by atoms with Gasteiger partial charge in [-0.25, -0.2) is 0 Å². The van der Waals surface area contributed by atoms with Crippen molar-refractivity contribution < 1.29 is 9.84 Å². The van der Waals surface area contributed by atoms with Crippen LogP contribution in [0.25, 0.3) is 10.9 Å². The summed E-state index contributed by atoms with van der Waals surface area (Å²) in [5.74, 6) is 2.93. The summed E-state index contributed by atoms with van der Waals surface area (Å²) in [6.07, 6.45) is 0. The maximum Gasteiger partial charge on any atom is 0.221 e. The number of rotatable bonds is 4. The molecule has 0 radical (unpaired) electrons. The van der Waals surface area contributed by atoms with Crippen LogP contribution in [-0.2, 0) is 6.67 Å². The average molecular weight is 365 g/mol. The van der Waals surface area contributed by atoms with E-state index in [1.807, 2.05) is 34.5 Å². The highest BCUT2D eigenvalue weighted by Crippen LogP contribution is 2.40. The zero-order valence-corrected chi connectivity index (χ0v) is 14.9. The fourth-order valence-corrected chi connectivity index (χ4v) is 3.73. The SMILES string of the molecule is COc1ccc2c(c1)c(N=NC(N)=S)c(O)n2CN1CCSCC1. The number of aromatic hydroxyl groups is 1. The van der Waals surface area contributed by atoms with Gasteiger partial charge in [-0.3, -0.25) is 9.47 Å². The van der Waals surface area contributed by atoms with Crippen LogP contribution in [0.4, 0.5) is 5.69 Å². The molecule has 1 aromatic heterocycles. The molecule has 1 aliphatic rings. The zero-order chi connectivity index (χ0) is 17.1. The van der Waals surface area contributed by atoms with Crippen molar-refractivity contribution in [3.05, 3.63) is 18.2 Å². The van der Waals surface area contributed by atoms with E-state index < -0.39 is 0 Å². The van der Waals surface area contributed by atoms with Gasteiger partial charge in [0.05, 0.1) is 19.3 Å². The maximum atomic E-state index is 10.7. The minimum absolute atomic E-state index is 0.0523. The number of fused-ring (bicyclic) bond motifs is 1. The molecule has 0 aliphatic carbocycles. The van der Waals surface area contributed by atoms with Gasteiger partial charge in [0, 0.05) is 30.0 Å². The van der Waals surface area contributed by atoms with Gasteiger partial charge >= 0.3 is 0 Å². The third-order valence-electron chi connectivity index (χ3n) is 3.91. The molecule has 1 saturated heterocycles. The summed E-state index contributed by atoms with van der Waals surface area (Å²) in [4.78, 5) is 2.30. The van der Waals surface area contributed by atoms with Gasteiger partial charge < -0.3 is 15.6 Å². The molecule has 24 heavy (non-hydrogen) atoms. The van der Waals surface area contributed by atoms with Gasteiger partial charge in [-0.05, 0) is 30.4 Å². The molecule has 0 bridgehead atoms. The van der Waals surface area contributed by atoms with Gasteiger partial charge in [-0.15, -0.1) is 10.2 Å². The summed E-state index contributed by atoms with van der Waals surface area (Å²) in [5, 5.41) is 19.1. The topological polar surface area (TPSA) is 88.4 Å². The number of ether oxygens (including phenoxy) is 1. The second kappa shape index (κ2) is 7.37. The summed E-state index contributed by atoms with van der Waals surface area (Å²) in [7, 11) is 1.60. The predicted molar refractivity (Wildman–Crippen MR) is 100 cm³/mol. The van der Waals surface area contributed by atoms with Crippen LogP contribution in [0.2, 0.25) is 0 Å². The van der Waals surface area contributed by atoms with Crippen molar-refractivity contribution in [3.63, 3.8) is 0 Å². The van der Waals surface area contributed by atoms with Gasteiger partial charge in [-0.1, -0.05) is 0 Å². The zero-order valence-electron chi connectivity index (χ0n) is 13.3. The molecule has 2 aromatic rings. The van der Waals surface area contributed by atoms with E-state index in [1.54, 1.807) is 7.11 Å². The lowest BCUT2D eigenvalue weighted by atomic mass is 10.2. The Hall–Kier alpha value is -1.84. The molecule has 1 aromatic carbocycles. The summed E-state index contributed by atoms with van der Waals surface area (Å²) in [5.41, 5.74) is 6.61. The largest absolute Gasteiger partial charge is 0.497 e. The second-order valence-corrected chi connectivity index (χ2v) is 7.04. The molecular formula is C15H19N5O2S2. The first-order chi connectivity index (χ1) is 11.6. The monoisotopic (exact) mass is 365 g/mol. The lowest BCUT2D eigenvalue weighted by Gasteiger charge is -2.27. The van der Waals surface area contributed by atoms with E-state index in [9.17, 15) is 5.11 Å². The van der Waals surface area contributed by atoms with Gasteiger partial charge in [0.2, 0.25) is 11.0 Å². The highest BCUT2D eigenvalue weighted by Gasteiger charge is 2.20. The van der Waals surface area contributed by atoms with E-state index in [2.05, 4.69) is 15.1 Å². The maximum absolute atomic E-state index is 10.7. The Morgan fingerprint density at radius 3 is 2.83 bits per heavy atom. The van der Waals surface area contributed by atoms with Crippen molar-refractivity contribution in [3.8, 4) is 11.6 Å². The number of hydrogen-bond acceptors (Lipinski definition) is 6. The Bertz CT molecular complexity index is 784. The van der Waals surface area contributed by atoms with Gasteiger partial charge in [0.25, 0.3) is 0 Å². The van der Waals surface area contributed by atoms with Crippen molar-refractivity contribution in [2.24, 2.45) is 16.0 Å². The van der Waals surface area contributed by atoms with Crippen LogP contribution in [0.5, 0.6) is 11.6 Å². The molecule has 0 unspecified atom stereocenters. The van der Waals surface area contributed by atoms with Crippen molar-refractivity contribution in [1.82, 2.24) is 9.47 Å². The van der Waals surface area contributed by atoms with Gasteiger partial charge in [0.15, 0.2) is 5.69 Å². The standard InChI is InChI=1S/C15H19N5O2S2/c1-22-10-2-3-12-11(8-10)13(17-18-15(16)23)14(21)20(12)9-19-4-6-24-7-5-19/h2-3,8,21H,4-7,9H2,1H3,(H2,16,23). The molecule has 3 N–H and O–H groups in total. The van der Waals surface area contributed by atoms with Crippen LogP contribution in [0.3, 0.4) is 0 Å². The lowest BCUT2D eigenvalue weighted by Crippen LogP contribution is -2.34. The van der Waals surface area contributed by atoms with Crippen LogP contribution in [0.15, 0.2) is 28.4 Å². The van der Waals surface area contributed by atoms with Crippen LogP contribution >= 0.6 is 24.0 Å². The minimum atomic E-state index is -0.0775. The van der Waals surface area contributed by atoms with Crippen LogP contribution in [0, 0.1) is 0 Å². The van der Waals surface area contributed by atoms with E-state index in [0.29, 0.717) is 18.1 Å². The smallest absolute Gasteiger partial charge is 0.221 e. The van der Waals surface area contributed by atoms with E-state index in [-0.39, 0.29) is 11.0 Å². The number of benzene rings is 1. The molecule has 0 saturated carbocycles. The second-order valence-electron chi connectivity index (χ2n) is 5.39. The molecular weight excluding hydrogens is 346 g/mol. The first-order valence-corrected chi connectivity index (χ1v) is 9.07. The Kier molecular flexibility index (Phi) is 5.22. The average Bonchev–Trinajstić information content (AvgIpc) is 2.85. The van der Waals surface area contributed by atoms with Gasteiger partial charge in [0.1, 0.15) is 5.75 Å². The molecule has 2 heterocycles. The van der Waals surface area contributed by atoms with E-state index in [1.165, 1.54) is 0 Å². The third-order valence-corrected chi connectivity index (χ3v) is 4.93. The molecule has 7 nitrogen and oxygen atoms in total. The third kappa shape index (κ3) is 3.47. The molecule has 1 aliphatic heterocycles. The summed E-state index contributed by atoms with van der Waals surface area (Å²) < 4.78 is 7.11. The molecule has 9 heteroatoms. The number of azo groups is 1. The van der Waals surface area contributed by atoms with Crippen LogP contribution < -0.4 is 10.5 Å². The fourth-order valence-electron chi connectivity index (χ4n) is 2.71. The lowest BCUT2D eigenvalue weighted by molar-refractivity contribution is 0.232. The number of aromatic nitrogens is 1. The van der Waals surface area contributed by atoms with Crippen LogP contribution in [0.1, 0.15) is 0 Å². The highest BCUT2D eigenvalue weighted by molar-refractivity contribution is 7.99. The fraction of sp³-hybridized carbons (Fsp3) is 0.400. The van der Waals surface area contributed by atoms with E-state index >= 15 is 0 Å². The Balaban J connectivity index is 2.06. The van der Waals surface area contributed by atoms with Crippen molar-refractivity contribution in [1.29, 1.82) is 0 Å². The number of hydrogen-bond donors (Lipinski definition) is 2. The van der Waals surface area contributed by atoms with Crippen molar-refractivity contribution in [2.75, 3.05) is 31.7 Å². The molecule has 1 fully saturated rings. The summed E-state index contributed by atoms with van der Waals surface area (Å²) >= 11 is 6.69. The number of methoxy groups -OCH3 is 1. The highest BCUT2D eigenvalue weighted by atomic mass is 32.2. The summed E-state index contributed by atoms with van der Waals surface area (Å²) in [6.45, 7) is 2.57. The Labute approximate surface area is 149 Å². The normalized spacial score (nSPS) is 16.0. The molecule has 0 atom stereocenters. The summed E-state index contributed by atoms with van der Waals surface area (Å²) in [6, 6.07) is 5.59. The van der Waals surface area contributed by atoms with Gasteiger partial charge in [-0.2, -0.15) is 11.8 Å². The molecule has 0 amide bonds. The Morgan fingerprint density at radius 1 is 1.42 bits per heavy atom. The quantitative estimate of drug-likeness (QED) is 0.640. The number of nitrogens with zero attached hydrogens (tertiary/aromatic N) is 4. The predicted octanol–water partition coefficient (Wildman–Crippen LogP) is 2.69. The van der Waals surface area contributed by atoms with Crippen LogP contribution in [-0.4, -0.2) is 51.4 Å². The number of thiocarbonyl (C=S) groups is 1.